The lowest BCUT2D eigenvalue weighted by molar-refractivity contribution is 0.206. The molecule has 1 aromatic carbocycles. The summed E-state index contributed by atoms with van der Waals surface area (Å²) in [6.45, 7) is 5.44. The maximum Gasteiger partial charge on any atom is 0.325 e. The number of hydrogen-bond donors (Lipinski definition) is 3. The largest absolute Gasteiger partial charge is 0.334 e. The van der Waals surface area contributed by atoms with Crippen LogP contribution in [0, 0.1) is 5.41 Å². The zero-order valence-corrected chi connectivity index (χ0v) is 15.5. The number of rotatable bonds is 3. The average Bonchev–Trinajstić information content (AvgIpc) is 2.98. The number of aromatic nitrogens is 2. The van der Waals surface area contributed by atoms with Gasteiger partial charge in [0.15, 0.2) is 0 Å². The second-order valence-corrected chi connectivity index (χ2v) is 8.11. The average molecular weight is 368 g/mol. The Labute approximate surface area is 156 Å². The SMILES string of the molecule is CC1(C)[C@@H](NC(=O)N2CCC(c3cc(=O)[nH]c(=O)[nH]3)C2)[C@@H]1c1ccccc1. The van der Waals surface area contributed by atoms with E-state index in [0.29, 0.717) is 24.7 Å². The third-order valence-electron chi connectivity index (χ3n) is 5.96. The van der Waals surface area contributed by atoms with Crippen LogP contribution in [0.5, 0.6) is 0 Å². The van der Waals surface area contributed by atoms with Crippen LogP contribution >= 0.6 is 0 Å². The predicted molar refractivity (Wildman–Crippen MR) is 102 cm³/mol. The van der Waals surface area contributed by atoms with Gasteiger partial charge in [0.25, 0.3) is 5.56 Å². The lowest BCUT2D eigenvalue weighted by Crippen LogP contribution is -2.41. The van der Waals surface area contributed by atoms with Crippen LogP contribution in [-0.4, -0.2) is 40.0 Å². The number of hydrogen-bond acceptors (Lipinski definition) is 3. The molecule has 1 aliphatic heterocycles. The summed E-state index contributed by atoms with van der Waals surface area (Å²) in [5.41, 5.74) is 0.933. The van der Waals surface area contributed by atoms with Gasteiger partial charge in [-0.3, -0.25) is 9.78 Å². The Balaban J connectivity index is 1.41. The van der Waals surface area contributed by atoms with Crippen molar-refractivity contribution in [3.8, 4) is 0 Å². The molecule has 27 heavy (non-hydrogen) atoms. The molecule has 1 saturated carbocycles. The van der Waals surface area contributed by atoms with Gasteiger partial charge >= 0.3 is 11.7 Å². The van der Waals surface area contributed by atoms with Crippen molar-refractivity contribution in [2.24, 2.45) is 5.41 Å². The topological polar surface area (TPSA) is 98.1 Å². The minimum Gasteiger partial charge on any atom is -0.334 e. The van der Waals surface area contributed by atoms with E-state index in [1.165, 1.54) is 11.6 Å². The highest BCUT2D eigenvalue weighted by molar-refractivity contribution is 5.76. The van der Waals surface area contributed by atoms with Crippen molar-refractivity contribution in [3.05, 3.63) is 68.5 Å². The number of benzene rings is 1. The van der Waals surface area contributed by atoms with Crippen molar-refractivity contribution in [2.45, 2.75) is 38.1 Å². The molecular weight excluding hydrogens is 344 g/mol. The van der Waals surface area contributed by atoms with Gasteiger partial charge in [-0.05, 0) is 17.4 Å². The monoisotopic (exact) mass is 368 g/mol. The minimum atomic E-state index is -0.508. The summed E-state index contributed by atoms with van der Waals surface area (Å²) in [5.74, 6) is 0.285. The maximum atomic E-state index is 12.7. The van der Waals surface area contributed by atoms with E-state index in [1.54, 1.807) is 4.90 Å². The Bertz CT molecular complexity index is 935. The number of likely N-dealkylation sites (tertiary alicyclic amines) is 1. The van der Waals surface area contributed by atoms with Gasteiger partial charge in [-0.15, -0.1) is 0 Å². The zero-order valence-electron chi connectivity index (χ0n) is 15.5. The van der Waals surface area contributed by atoms with E-state index in [0.717, 1.165) is 6.42 Å². The second kappa shape index (κ2) is 6.40. The third-order valence-corrected chi connectivity index (χ3v) is 5.96. The lowest BCUT2D eigenvalue weighted by atomic mass is 10.0. The molecule has 0 radical (unpaired) electrons. The van der Waals surface area contributed by atoms with Gasteiger partial charge in [0, 0.05) is 42.7 Å². The van der Waals surface area contributed by atoms with E-state index < -0.39 is 11.2 Å². The minimum absolute atomic E-state index is 0.0219. The van der Waals surface area contributed by atoms with Crippen LogP contribution in [0.3, 0.4) is 0 Å². The summed E-state index contributed by atoms with van der Waals surface area (Å²) in [6.07, 6.45) is 0.725. The van der Waals surface area contributed by atoms with Gasteiger partial charge in [0.1, 0.15) is 0 Å². The van der Waals surface area contributed by atoms with E-state index in [1.807, 2.05) is 18.2 Å². The lowest BCUT2D eigenvalue weighted by Gasteiger charge is -2.18. The normalized spacial score (nSPS) is 26.0. The zero-order chi connectivity index (χ0) is 19.2. The van der Waals surface area contributed by atoms with E-state index >= 15 is 0 Å². The third kappa shape index (κ3) is 3.29. The number of aromatic amines is 2. The number of carbonyl (C=O) groups excluding carboxylic acids is 1. The van der Waals surface area contributed by atoms with Gasteiger partial charge in [0.05, 0.1) is 0 Å². The highest BCUT2D eigenvalue weighted by atomic mass is 16.2. The highest BCUT2D eigenvalue weighted by Gasteiger charge is 2.59. The molecule has 1 unspecified atom stereocenters. The standard InChI is InChI=1S/C20H24N4O3/c1-20(2)16(12-6-4-3-5-7-12)17(20)23-19(27)24-9-8-13(11-24)14-10-15(25)22-18(26)21-14/h3-7,10,13,16-17H,8-9,11H2,1-2H3,(H,23,27)(H2,21,22,25,26)/t13?,16-,17-/m0/s1. The number of urea groups is 1. The molecule has 142 valence electrons. The van der Waals surface area contributed by atoms with Crippen LogP contribution in [-0.2, 0) is 0 Å². The Morgan fingerprint density at radius 3 is 2.63 bits per heavy atom. The van der Waals surface area contributed by atoms with Crippen LogP contribution in [0.1, 0.15) is 43.4 Å². The van der Waals surface area contributed by atoms with Crippen molar-refractivity contribution >= 4 is 6.03 Å². The smallest absolute Gasteiger partial charge is 0.325 e. The molecule has 4 rings (SSSR count). The quantitative estimate of drug-likeness (QED) is 0.770. The summed E-state index contributed by atoms with van der Waals surface area (Å²) < 4.78 is 0. The first-order valence-electron chi connectivity index (χ1n) is 9.30. The van der Waals surface area contributed by atoms with E-state index in [2.05, 4.69) is 41.3 Å². The fourth-order valence-electron chi connectivity index (χ4n) is 4.32. The molecule has 7 nitrogen and oxygen atoms in total. The Morgan fingerprint density at radius 2 is 1.93 bits per heavy atom. The van der Waals surface area contributed by atoms with Gasteiger partial charge in [0.2, 0.25) is 0 Å². The van der Waals surface area contributed by atoms with Crippen LogP contribution < -0.4 is 16.6 Å². The fourth-order valence-corrected chi connectivity index (χ4v) is 4.32. The molecule has 2 fully saturated rings. The molecule has 3 N–H and O–H groups in total. The summed E-state index contributed by atoms with van der Waals surface area (Å²) >= 11 is 0. The predicted octanol–water partition coefficient (Wildman–Crippen LogP) is 1.75. The van der Waals surface area contributed by atoms with Crippen LogP contribution in [0.25, 0.3) is 0 Å². The molecular formula is C20H24N4O3. The molecule has 7 heteroatoms. The van der Waals surface area contributed by atoms with E-state index in [9.17, 15) is 14.4 Å². The van der Waals surface area contributed by atoms with Gasteiger partial charge in [-0.1, -0.05) is 44.2 Å². The summed E-state index contributed by atoms with van der Waals surface area (Å²) in [6, 6.07) is 11.7. The molecule has 1 aliphatic carbocycles. The second-order valence-electron chi connectivity index (χ2n) is 8.11. The van der Waals surface area contributed by atoms with Crippen molar-refractivity contribution in [1.82, 2.24) is 20.2 Å². The Kier molecular flexibility index (Phi) is 4.17. The number of nitrogens with zero attached hydrogens (tertiary/aromatic N) is 1. The van der Waals surface area contributed by atoms with Crippen LogP contribution in [0.15, 0.2) is 46.0 Å². The van der Waals surface area contributed by atoms with Gasteiger partial charge in [-0.2, -0.15) is 0 Å². The van der Waals surface area contributed by atoms with Crippen LogP contribution in [0.4, 0.5) is 4.79 Å². The first kappa shape index (κ1) is 17.6. The first-order valence-corrected chi connectivity index (χ1v) is 9.30. The summed E-state index contributed by atoms with van der Waals surface area (Å²) in [7, 11) is 0. The molecule has 2 aliphatic rings. The molecule has 1 aromatic heterocycles. The van der Waals surface area contributed by atoms with Crippen molar-refractivity contribution in [3.63, 3.8) is 0 Å². The van der Waals surface area contributed by atoms with Crippen molar-refractivity contribution in [2.75, 3.05) is 13.1 Å². The van der Waals surface area contributed by atoms with Crippen LogP contribution in [0.2, 0.25) is 0 Å². The van der Waals surface area contributed by atoms with E-state index in [-0.39, 0.29) is 23.4 Å². The highest BCUT2D eigenvalue weighted by Crippen LogP contribution is 2.58. The van der Waals surface area contributed by atoms with Crippen molar-refractivity contribution < 1.29 is 4.79 Å². The van der Waals surface area contributed by atoms with Crippen molar-refractivity contribution in [1.29, 1.82) is 0 Å². The van der Waals surface area contributed by atoms with Gasteiger partial charge in [-0.25, -0.2) is 9.59 Å². The summed E-state index contributed by atoms with van der Waals surface area (Å²) in [5, 5.41) is 3.18. The number of H-pyrrole nitrogens is 2. The Hall–Kier alpha value is -2.83. The molecule has 1 saturated heterocycles. The maximum absolute atomic E-state index is 12.7. The fraction of sp³-hybridized carbons (Fsp3) is 0.450. The van der Waals surface area contributed by atoms with Gasteiger partial charge < -0.3 is 15.2 Å². The Morgan fingerprint density at radius 1 is 1.19 bits per heavy atom. The molecule has 0 spiro atoms. The molecule has 0 bridgehead atoms. The first-order chi connectivity index (χ1) is 12.9. The number of carbonyl (C=O) groups is 1. The number of nitrogens with one attached hydrogen (secondary N) is 3. The molecule has 2 aromatic rings. The molecule has 2 heterocycles. The molecule has 3 atom stereocenters. The summed E-state index contributed by atoms with van der Waals surface area (Å²) in [4.78, 5) is 42.3. The number of amides is 2. The van der Waals surface area contributed by atoms with E-state index in [4.69, 9.17) is 0 Å². The molecule has 2 amide bonds.